The van der Waals surface area contributed by atoms with E-state index >= 15 is 0 Å². The van der Waals surface area contributed by atoms with Crippen molar-refractivity contribution in [2.75, 3.05) is 18.0 Å². The molecule has 0 N–H and O–H groups in total. The SMILES string of the molecule is CCc1nc(C2CCCN(c3nccnc3C#N)C2)no1. The van der Waals surface area contributed by atoms with E-state index in [4.69, 9.17) is 9.78 Å². The van der Waals surface area contributed by atoms with Gasteiger partial charge in [-0.25, -0.2) is 9.97 Å². The Bertz CT molecular complexity index is 661. The third-order valence-corrected chi connectivity index (χ3v) is 3.66. The van der Waals surface area contributed by atoms with Crippen LogP contribution in [0.5, 0.6) is 0 Å². The van der Waals surface area contributed by atoms with E-state index in [2.05, 4.69) is 31.1 Å². The molecule has 3 rings (SSSR count). The van der Waals surface area contributed by atoms with Crippen molar-refractivity contribution in [1.82, 2.24) is 20.1 Å². The Labute approximate surface area is 122 Å². The first-order valence-electron chi connectivity index (χ1n) is 7.10. The number of nitriles is 1. The molecule has 7 heteroatoms. The highest BCUT2D eigenvalue weighted by Crippen LogP contribution is 2.28. The van der Waals surface area contributed by atoms with Gasteiger partial charge in [-0.2, -0.15) is 10.2 Å². The summed E-state index contributed by atoms with van der Waals surface area (Å²) >= 11 is 0. The second-order valence-corrected chi connectivity index (χ2v) is 5.03. The highest BCUT2D eigenvalue weighted by atomic mass is 16.5. The van der Waals surface area contributed by atoms with Gasteiger partial charge in [-0.3, -0.25) is 0 Å². The standard InChI is InChI=1S/C14H16N6O/c1-2-12-18-13(19-21-12)10-4-3-7-20(9-10)14-11(8-15)16-5-6-17-14/h5-6,10H,2-4,7,9H2,1H3. The Kier molecular flexibility index (Phi) is 3.77. The number of aromatic nitrogens is 4. The zero-order chi connectivity index (χ0) is 14.7. The molecule has 21 heavy (non-hydrogen) atoms. The molecule has 0 aliphatic carbocycles. The third kappa shape index (κ3) is 2.70. The maximum atomic E-state index is 9.15. The van der Waals surface area contributed by atoms with E-state index in [0.717, 1.165) is 38.2 Å². The van der Waals surface area contributed by atoms with Gasteiger partial charge >= 0.3 is 0 Å². The summed E-state index contributed by atoms with van der Waals surface area (Å²) in [4.78, 5) is 14.9. The van der Waals surface area contributed by atoms with Gasteiger partial charge < -0.3 is 9.42 Å². The van der Waals surface area contributed by atoms with Crippen molar-refractivity contribution in [2.45, 2.75) is 32.1 Å². The topological polar surface area (TPSA) is 91.7 Å². The van der Waals surface area contributed by atoms with Crippen molar-refractivity contribution in [3.63, 3.8) is 0 Å². The molecule has 0 spiro atoms. The molecule has 1 unspecified atom stereocenters. The van der Waals surface area contributed by atoms with Crippen molar-refractivity contribution in [2.24, 2.45) is 0 Å². The molecule has 0 bridgehead atoms. The van der Waals surface area contributed by atoms with E-state index in [1.54, 1.807) is 6.20 Å². The number of anilines is 1. The van der Waals surface area contributed by atoms with Crippen LogP contribution in [0.1, 0.15) is 43.1 Å². The molecule has 3 heterocycles. The van der Waals surface area contributed by atoms with Gasteiger partial charge in [0.05, 0.1) is 0 Å². The van der Waals surface area contributed by atoms with Crippen LogP contribution in [-0.4, -0.2) is 33.2 Å². The number of piperidine rings is 1. The van der Waals surface area contributed by atoms with Gasteiger partial charge in [0, 0.05) is 37.8 Å². The van der Waals surface area contributed by atoms with Crippen molar-refractivity contribution in [1.29, 1.82) is 5.26 Å². The summed E-state index contributed by atoms with van der Waals surface area (Å²) < 4.78 is 5.19. The van der Waals surface area contributed by atoms with E-state index < -0.39 is 0 Å². The lowest BCUT2D eigenvalue weighted by Crippen LogP contribution is -2.36. The summed E-state index contributed by atoms with van der Waals surface area (Å²) in [5.74, 6) is 2.26. The molecule has 2 aromatic rings. The first-order valence-corrected chi connectivity index (χ1v) is 7.10. The minimum absolute atomic E-state index is 0.205. The molecule has 1 atom stereocenters. The first kappa shape index (κ1) is 13.5. The fraction of sp³-hybridized carbons (Fsp3) is 0.500. The van der Waals surface area contributed by atoms with Crippen molar-refractivity contribution < 1.29 is 4.52 Å². The van der Waals surface area contributed by atoms with Gasteiger partial charge in [-0.05, 0) is 12.8 Å². The predicted octanol–water partition coefficient (Wildman–Crippen LogP) is 1.68. The molecule has 1 aliphatic heterocycles. The summed E-state index contributed by atoms with van der Waals surface area (Å²) in [5, 5.41) is 13.2. The summed E-state index contributed by atoms with van der Waals surface area (Å²) in [7, 11) is 0. The van der Waals surface area contributed by atoms with Gasteiger partial charge in [0.2, 0.25) is 5.89 Å². The number of aryl methyl sites for hydroxylation is 1. The monoisotopic (exact) mass is 284 g/mol. The molecule has 0 amide bonds. The fourth-order valence-corrected chi connectivity index (χ4v) is 2.60. The Balaban J connectivity index is 1.81. The van der Waals surface area contributed by atoms with Crippen molar-refractivity contribution in [3.8, 4) is 6.07 Å². The number of hydrogen-bond acceptors (Lipinski definition) is 7. The van der Waals surface area contributed by atoms with E-state index in [1.807, 2.05) is 6.92 Å². The summed E-state index contributed by atoms with van der Waals surface area (Å²) in [6.45, 7) is 3.58. The van der Waals surface area contributed by atoms with Crippen LogP contribution in [0.2, 0.25) is 0 Å². The number of nitrogens with zero attached hydrogens (tertiary/aromatic N) is 6. The second kappa shape index (κ2) is 5.87. The average molecular weight is 284 g/mol. The van der Waals surface area contributed by atoms with E-state index in [-0.39, 0.29) is 5.92 Å². The van der Waals surface area contributed by atoms with Crippen LogP contribution in [0, 0.1) is 11.3 Å². The number of hydrogen-bond donors (Lipinski definition) is 0. The van der Waals surface area contributed by atoms with Gasteiger partial charge in [-0.1, -0.05) is 12.1 Å². The molecular formula is C14H16N6O. The van der Waals surface area contributed by atoms with Crippen LogP contribution >= 0.6 is 0 Å². The fourth-order valence-electron chi connectivity index (χ4n) is 2.60. The predicted molar refractivity (Wildman–Crippen MR) is 74.6 cm³/mol. The lowest BCUT2D eigenvalue weighted by Gasteiger charge is -2.32. The normalized spacial score (nSPS) is 18.5. The molecule has 7 nitrogen and oxygen atoms in total. The first-order chi connectivity index (χ1) is 10.3. The maximum Gasteiger partial charge on any atom is 0.226 e. The van der Waals surface area contributed by atoms with Crippen molar-refractivity contribution in [3.05, 3.63) is 29.8 Å². The molecule has 1 fully saturated rings. The minimum Gasteiger partial charge on any atom is -0.353 e. The molecule has 1 saturated heterocycles. The van der Waals surface area contributed by atoms with Crippen LogP contribution in [0.25, 0.3) is 0 Å². The second-order valence-electron chi connectivity index (χ2n) is 5.03. The maximum absolute atomic E-state index is 9.15. The molecule has 2 aromatic heterocycles. The Morgan fingerprint density at radius 1 is 1.43 bits per heavy atom. The summed E-state index contributed by atoms with van der Waals surface area (Å²) in [6, 6.07) is 2.10. The summed E-state index contributed by atoms with van der Waals surface area (Å²) in [5.41, 5.74) is 0.362. The van der Waals surface area contributed by atoms with Crippen LogP contribution in [0.4, 0.5) is 5.82 Å². The van der Waals surface area contributed by atoms with E-state index in [0.29, 0.717) is 17.4 Å². The van der Waals surface area contributed by atoms with Gasteiger partial charge in [0.15, 0.2) is 17.3 Å². The minimum atomic E-state index is 0.205. The van der Waals surface area contributed by atoms with E-state index in [1.165, 1.54) is 6.20 Å². The van der Waals surface area contributed by atoms with Crippen molar-refractivity contribution >= 4 is 5.82 Å². The lowest BCUT2D eigenvalue weighted by molar-refractivity contribution is 0.368. The zero-order valence-corrected chi connectivity index (χ0v) is 11.9. The van der Waals surface area contributed by atoms with Crippen LogP contribution < -0.4 is 4.90 Å². The van der Waals surface area contributed by atoms with Crippen LogP contribution in [-0.2, 0) is 6.42 Å². The molecule has 108 valence electrons. The van der Waals surface area contributed by atoms with Gasteiger partial charge in [0.1, 0.15) is 6.07 Å². The molecule has 0 radical (unpaired) electrons. The van der Waals surface area contributed by atoms with Gasteiger partial charge in [-0.15, -0.1) is 0 Å². The number of rotatable bonds is 3. The van der Waals surface area contributed by atoms with Crippen LogP contribution in [0.15, 0.2) is 16.9 Å². The molecule has 0 saturated carbocycles. The zero-order valence-electron chi connectivity index (χ0n) is 11.9. The summed E-state index contributed by atoms with van der Waals surface area (Å²) in [6.07, 6.45) is 5.91. The lowest BCUT2D eigenvalue weighted by atomic mass is 9.97. The Morgan fingerprint density at radius 3 is 3.05 bits per heavy atom. The Hall–Kier alpha value is -2.49. The largest absolute Gasteiger partial charge is 0.353 e. The van der Waals surface area contributed by atoms with Crippen LogP contribution in [0.3, 0.4) is 0 Å². The average Bonchev–Trinajstić information content (AvgIpc) is 3.04. The third-order valence-electron chi connectivity index (χ3n) is 3.66. The molecule has 1 aliphatic rings. The quantitative estimate of drug-likeness (QED) is 0.846. The highest BCUT2D eigenvalue weighted by molar-refractivity contribution is 5.50. The molecular weight excluding hydrogens is 268 g/mol. The van der Waals surface area contributed by atoms with E-state index in [9.17, 15) is 0 Å². The molecule has 0 aromatic carbocycles. The van der Waals surface area contributed by atoms with Gasteiger partial charge in [0.25, 0.3) is 0 Å². The Morgan fingerprint density at radius 2 is 2.29 bits per heavy atom. The highest BCUT2D eigenvalue weighted by Gasteiger charge is 2.27. The smallest absolute Gasteiger partial charge is 0.226 e.